The van der Waals surface area contributed by atoms with Gasteiger partial charge in [0.05, 0.1) is 12.1 Å². The molecule has 2 aromatic rings. The molecule has 2 aliphatic heterocycles. The first-order chi connectivity index (χ1) is 14.6. The lowest BCUT2D eigenvalue weighted by atomic mass is 10.0. The van der Waals surface area contributed by atoms with Gasteiger partial charge in [0.1, 0.15) is 0 Å². The maximum Gasteiger partial charge on any atom is 0.256 e. The molecule has 0 atom stereocenters. The molecule has 2 aliphatic rings. The third-order valence-electron chi connectivity index (χ3n) is 5.94. The highest BCUT2D eigenvalue weighted by atomic mass is 16.2. The molecule has 2 fully saturated rings. The highest BCUT2D eigenvalue weighted by Crippen LogP contribution is 2.24. The molecule has 0 bridgehead atoms. The van der Waals surface area contributed by atoms with E-state index < -0.39 is 0 Å². The van der Waals surface area contributed by atoms with Crippen LogP contribution in [0.15, 0.2) is 42.5 Å². The zero-order valence-corrected chi connectivity index (χ0v) is 17.6. The lowest BCUT2D eigenvalue weighted by Gasteiger charge is -2.20. The van der Waals surface area contributed by atoms with E-state index in [9.17, 15) is 9.59 Å². The standard InChI is InChI=1S/C24H30N4O2/c1-18-7-6-8-21(23(18)24(30)28-15-4-5-16-28)25-17-22(29)26-19-9-11-20(12-10-19)27-13-2-3-14-27/h6-12,25H,2-5,13-17H2,1H3,(H,26,29). The van der Waals surface area contributed by atoms with Gasteiger partial charge in [-0.25, -0.2) is 0 Å². The molecule has 30 heavy (non-hydrogen) atoms. The van der Waals surface area contributed by atoms with Crippen molar-refractivity contribution in [1.82, 2.24) is 4.90 Å². The largest absolute Gasteiger partial charge is 0.375 e. The van der Waals surface area contributed by atoms with Crippen molar-refractivity contribution in [2.45, 2.75) is 32.6 Å². The fraction of sp³-hybridized carbons (Fsp3) is 0.417. The van der Waals surface area contributed by atoms with Crippen LogP contribution >= 0.6 is 0 Å². The van der Waals surface area contributed by atoms with Crippen LogP contribution < -0.4 is 15.5 Å². The number of carbonyl (C=O) groups is 2. The smallest absolute Gasteiger partial charge is 0.256 e. The van der Waals surface area contributed by atoms with E-state index in [0.29, 0.717) is 11.3 Å². The van der Waals surface area contributed by atoms with Crippen LogP contribution in [0.1, 0.15) is 41.6 Å². The molecule has 0 aromatic heterocycles. The summed E-state index contributed by atoms with van der Waals surface area (Å²) >= 11 is 0. The number of aryl methyl sites for hydroxylation is 1. The minimum absolute atomic E-state index is 0.0472. The van der Waals surface area contributed by atoms with E-state index in [0.717, 1.165) is 50.3 Å². The third-order valence-corrected chi connectivity index (χ3v) is 5.94. The zero-order valence-electron chi connectivity index (χ0n) is 17.6. The van der Waals surface area contributed by atoms with Crippen LogP contribution in [-0.4, -0.2) is 49.4 Å². The molecule has 0 radical (unpaired) electrons. The average molecular weight is 407 g/mol. The lowest BCUT2D eigenvalue weighted by molar-refractivity contribution is -0.114. The quantitative estimate of drug-likeness (QED) is 0.764. The Labute approximate surface area is 178 Å². The first-order valence-corrected chi connectivity index (χ1v) is 10.9. The van der Waals surface area contributed by atoms with Crippen LogP contribution in [0, 0.1) is 6.92 Å². The van der Waals surface area contributed by atoms with Crippen molar-refractivity contribution in [2.24, 2.45) is 0 Å². The van der Waals surface area contributed by atoms with E-state index in [2.05, 4.69) is 27.7 Å². The molecular weight excluding hydrogens is 376 g/mol. The van der Waals surface area contributed by atoms with E-state index in [-0.39, 0.29) is 18.4 Å². The van der Waals surface area contributed by atoms with Crippen molar-refractivity contribution in [3.05, 3.63) is 53.6 Å². The summed E-state index contributed by atoms with van der Waals surface area (Å²) in [5.41, 5.74) is 4.29. The third kappa shape index (κ3) is 4.58. The van der Waals surface area contributed by atoms with Gasteiger partial charge < -0.3 is 20.4 Å². The minimum atomic E-state index is -0.134. The molecule has 2 saturated heterocycles. The van der Waals surface area contributed by atoms with Crippen LogP contribution in [0.2, 0.25) is 0 Å². The molecule has 158 valence electrons. The molecule has 2 amide bonds. The normalized spacial score (nSPS) is 16.0. The second-order valence-corrected chi connectivity index (χ2v) is 8.14. The van der Waals surface area contributed by atoms with Crippen LogP contribution in [0.4, 0.5) is 17.1 Å². The molecule has 0 unspecified atom stereocenters. The molecule has 0 spiro atoms. The van der Waals surface area contributed by atoms with Crippen LogP contribution in [0.5, 0.6) is 0 Å². The molecule has 2 heterocycles. The number of nitrogens with zero attached hydrogens (tertiary/aromatic N) is 2. The van der Waals surface area contributed by atoms with Crippen molar-refractivity contribution < 1.29 is 9.59 Å². The van der Waals surface area contributed by atoms with Crippen LogP contribution in [0.25, 0.3) is 0 Å². The molecule has 6 heteroatoms. The van der Waals surface area contributed by atoms with E-state index in [1.807, 2.05) is 42.2 Å². The SMILES string of the molecule is Cc1cccc(NCC(=O)Nc2ccc(N3CCCC3)cc2)c1C(=O)N1CCCC1. The molecule has 2 N–H and O–H groups in total. The maximum atomic E-state index is 12.9. The van der Waals surface area contributed by atoms with Crippen molar-refractivity contribution in [2.75, 3.05) is 48.3 Å². The fourth-order valence-corrected chi connectivity index (χ4v) is 4.29. The number of likely N-dealkylation sites (tertiary alicyclic amines) is 1. The molecule has 0 saturated carbocycles. The molecular formula is C24H30N4O2. The van der Waals surface area contributed by atoms with Crippen LogP contribution in [-0.2, 0) is 4.79 Å². The number of rotatable bonds is 6. The van der Waals surface area contributed by atoms with Gasteiger partial charge in [-0.2, -0.15) is 0 Å². The fourth-order valence-electron chi connectivity index (χ4n) is 4.29. The highest BCUT2D eigenvalue weighted by Gasteiger charge is 2.23. The van der Waals surface area contributed by atoms with Gasteiger partial charge in [0.25, 0.3) is 5.91 Å². The summed E-state index contributed by atoms with van der Waals surface area (Å²) in [4.78, 5) is 29.7. The summed E-state index contributed by atoms with van der Waals surface area (Å²) in [6.07, 6.45) is 4.59. The van der Waals surface area contributed by atoms with Gasteiger partial charge in [-0.15, -0.1) is 0 Å². The summed E-state index contributed by atoms with van der Waals surface area (Å²) in [6, 6.07) is 13.7. The van der Waals surface area contributed by atoms with Crippen molar-refractivity contribution in [3.63, 3.8) is 0 Å². The number of hydrogen-bond donors (Lipinski definition) is 2. The number of anilines is 3. The van der Waals surface area contributed by atoms with Gasteiger partial charge in [-0.3, -0.25) is 9.59 Å². The van der Waals surface area contributed by atoms with Gasteiger partial charge in [0, 0.05) is 43.2 Å². The summed E-state index contributed by atoms with van der Waals surface area (Å²) in [6.45, 7) is 5.87. The predicted molar refractivity (Wildman–Crippen MR) is 121 cm³/mol. The lowest BCUT2D eigenvalue weighted by Crippen LogP contribution is -2.30. The summed E-state index contributed by atoms with van der Waals surface area (Å²) < 4.78 is 0. The van der Waals surface area contributed by atoms with Gasteiger partial charge >= 0.3 is 0 Å². The van der Waals surface area contributed by atoms with Gasteiger partial charge in [-0.1, -0.05) is 12.1 Å². The Balaban J connectivity index is 1.37. The first kappa shape index (κ1) is 20.3. The molecule has 6 nitrogen and oxygen atoms in total. The predicted octanol–water partition coefficient (Wildman–Crippen LogP) is 3.88. The molecule has 0 aliphatic carbocycles. The molecule has 2 aromatic carbocycles. The van der Waals surface area contributed by atoms with E-state index in [1.165, 1.54) is 18.5 Å². The Morgan fingerprint density at radius 2 is 1.57 bits per heavy atom. The monoisotopic (exact) mass is 406 g/mol. The average Bonchev–Trinajstić information content (AvgIpc) is 3.47. The zero-order chi connectivity index (χ0) is 20.9. The Bertz CT molecular complexity index is 898. The number of nitrogens with one attached hydrogen (secondary N) is 2. The number of carbonyl (C=O) groups excluding carboxylic acids is 2. The summed E-state index contributed by atoms with van der Waals surface area (Å²) in [5, 5.41) is 6.10. The summed E-state index contributed by atoms with van der Waals surface area (Å²) in [5.74, 6) is -0.0870. The number of amides is 2. The molecule has 4 rings (SSSR count). The second-order valence-electron chi connectivity index (χ2n) is 8.14. The second kappa shape index (κ2) is 9.20. The van der Waals surface area contributed by atoms with Crippen molar-refractivity contribution in [1.29, 1.82) is 0 Å². The maximum absolute atomic E-state index is 12.9. The van der Waals surface area contributed by atoms with E-state index in [1.54, 1.807) is 0 Å². The first-order valence-electron chi connectivity index (χ1n) is 10.9. The van der Waals surface area contributed by atoms with Gasteiger partial charge in [0.2, 0.25) is 5.91 Å². The minimum Gasteiger partial charge on any atom is -0.375 e. The number of benzene rings is 2. The van der Waals surface area contributed by atoms with Gasteiger partial charge in [-0.05, 0) is 68.5 Å². The Kier molecular flexibility index (Phi) is 6.21. The summed E-state index contributed by atoms with van der Waals surface area (Å²) in [7, 11) is 0. The van der Waals surface area contributed by atoms with Crippen LogP contribution in [0.3, 0.4) is 0 Å². The Morgan fingerprint density at radius 1 is 0.900 bits per heavy atom. The number of hydrogen-bond acceptors (Lipinski definition) is 4. The topological polar surface area (TPSA) is 64.7 Å². The Hall–Kier alpha value is -3.02. The van der Waals surface area contributed by atoms with Gasteiger partial charge in [0.15, 0.2) is 0 Å². The van der Waals surface area contributed by atoms with E-state index >= 15 is 0 Å². The Morgan fingerprint density at radius 3 is 2.27 bits per heavy atom. The highest BCUT2D eigenvalue weighted by molar-refractivity contribution is 6.02. The van der Waals surface area contributed by atoms with Crippen molar-refractivity contribution >= 4 is 28.9 Å². The van der Waals surface area contributed by atoms with Crippen molar-refractivity contribution in [3.8, 4) is 0 Å². The van der Waals surface area contributed by atoms with E-state index in [4.69, 9.17) is 0 Å².